The Morgan fingerprint density at radius 3 is 2.89 bits per heavy atom. The molecule has 0 aliphatic heterocycles. The lowest BCUT2D eigenvalue weighted by molar-refractivity contribution is 0.293. The summed E-state index contributed by atoms with van der Waals surface area (Å²) >= 11 is 8.05. The second kappa shape index (κ2) is 10.5. The van der Waals surface area contributed by atoms with E-state index in [0.29, 0.717) is 12.5 Å². The smallest absolute Gasteiger partial charge is 0.119 e. The number of hydrogen-bond donors (Lipinski definition) is 1. The fourth-order valence-corrected chi connectivity index (χ4v) is 4.68. The van der Waals surface area contributed by atoms with Crippen LogP contribution in [-0.4, -0.2) is 36.3 Å². The van der Waals surface area contributed by atoms with E-state index < -0.39 is 0 Å². The van der Waals surface area contributed by atoms with Crippen molar-refractivity contribution in [3.8, 4) is 5.75 Å². The summed E-state index contributed by atoms with van der Waals surface area (Å²) in [6.45, 7) is 3.80. The molecule has 2 atom stereocenters. The average Bonchev–Trinajstić information content (AvgIpc) is 2.69. The molecule has 0 radical (unpaired) electrons. The van der Waals surface area contributed by atoms with Crippen molar-refractivity contribution in [3.05, 3.63) is 64.2 Å². The number of ether oxygens (including phenoxy) is 1. The first-order chi connectivity index (χ1) is 13.6. The zero-order chi connectivity index (χ0) is 19.9. The molecule has 2 unspecified atom stereocenters. The third-order valence-corrected chi connectivity index (χ3v) is 6.77. The molecule has 3 rings (SSSR count). The molecular weight excluding hydrogens is 388 g/mol. The van der Waals surface area contributed by atoms with Crippen molar-refractivity contribution in [2.45, 2.75) is 44.6 Å². The van der Waals surface area contributed by atoms with Gasteiger partial charge in [0.1, 0.15) is 12.4 Å². The highest BCUT2D eigenvalue weighted by Crippen LogP contribution is 2.36. The van der Waals surface area contributed by atoms with Crippen LogP contribution in [0.5, 0.6) is 5.75 Å². The van der Waals surface area contributed by atoms with Crippen LogP contribution in [0.15, 0.2) is 42.5 Å². The highest BCUT2D eigenvalue weighted by molar-refractivity contribution is 7.96. The molecule has 0 fully saturated rings. The molecule has 0 amide bonds. The number of halogens is 1. The first-order valence-electron chi connectivity index (χ1n) is 10.2. The summed E-state index contributed by atoms with van der Waals surface area (Å²) in [5, 5.41) is 0.782. The summed E-state index contributed by atoms with van der Waals surface area (Å²) in [4.78, 5) is 0. The fourth-order valence-electron chi connectivity index (χ4n) is 3.77. The summed E-state index contributed by atoms with van der Waals surface area (Å²) in [5.41, 5.74) is 10.5. The van der Waals surface area contributed by atoms with Crippen molar-refractivity contribution in [2.24, 2.45) is 5.73 Å². The monoisotopic (exact) mass is 418 g/mol. The molecule has 3 nitrogen and oxygen atoms in total. The van der Waals surface area contributed by atoms with Crippen molar-refractivity contribution in [1.29, 1.82) is 0 Å². The standard InChI is InChI=1S/C23H31ClN2OS/c1-3-13-28-26(2)11-12-27-20-9-7-18-8-10-23(25)22(21(18)16-20)15-17-5-4-6-19(24)14-17/h4-7,9,14,16,22-23H,3,8,10-13,15,25H2,1-2H3. The van der Waals surface area contributed by atoms with Gasteiger partial charge in [0.05, 0.1) is 0 Å². The van der Waals surface area contributed by atoms with Crippen molar-refractivity contribution < 1.29 is 4.74 Å². The molecule has 0 bridgehead atoms. The summed E-state index contributed by atoms with van der Waals surface area (Å²) in [6.07, 6.45) is 4.17. The molecule has 152 valence electrons. The molecule has 2 N–H and O–H groups in total. The third kappa shape index (κ3) is 5.90. The van der Waals surface area contributed by atoms with E-state index in [2.05, 4.69) is 42.5 Å². The molecule has 0 heterocycles. The van der Waals surface area contributed by atoms with Gasteiger partial charge in [-0.05, 0) is 73.7 Å². The van der Waals surface area contributed by atoms with Crippen molar-refractivity contribution in [2.75, 3.05) is 26.0 Å². The van der Waals surface area contributed by atoms with Crippen molar-refractivity contribution >= 4 is 23.5 Å². The summed E-state index contributed by atoms with van der Waals surface area (Å²) in [6, 6.07) is 14.8. The Labute approximate surface area is 178 Å². The SMILES string of the molecule is CCCSN(C)CCOc1ccc2c(c1)C(Cc1cccc(Cl)c1)C(N)CC2. The van der Waals surface area contributed by atoms with E-state index in [4.69, 9.17) is 22.1 Å². The normalized spacial score (nSPS) is 18.9. The minimum absolute atomic E-state index is 0.165. The Bertz CT molecular complexity index is 770. The van der Waals surface area contributed by atoms with Gasteiger partial charge in [0.25, 0.3) is 0 Å². The van der Waals surface area contributed by atoms with Crippen LogP contribution in [0.1, 0.15) is 42.4 Å². The molecular formula is C23H31ClN2OS. The Balaban J connectivity index is 1.68. The maximum Gasteiger partial charge on any atom is 0.119 e. The van der Waals surface area contributed by atoms with Gasteiger partial charge in [-0.1, -0.05) is 48.7 Å². The summed E-state index contributed by atoms with van der Waals surface area (Å²) in [7, 11) is 2.12. The van der Waals surface area contributed by atoms with E-state index in [-0.39, 0.29) is 6.04 Å². The van der Waals surface area contributed by atoms with Gasteiger partial charge in [0, 0.05) is 29.3 Å². The van der Waals surface area contributed by atoms with Crippen LogP contribution in [0.25, 0.3) is 0 Å². The molecule has 5 heteroatoms. The lowest BCUT2D eigenvalue weighted by Crippen LogP contribution is -2.34. The molecule has 0 spiro atoms. The van der Waals surface area contributed by atoms with Gasteiger partial charge >= 0.3 is 0 Å². The predicted octanol–water partition coefficient (Wildman–Crippen LogP) is 5.31. The molecule has 1 aliphatic rings. The van der Waals surface area contributed by atoms with Gasteiger partial charge in [-0.3, -0.25) is 4.31 Å². The van der Waals surface area contributed by atoms with Gasteiger partial charge in [-0.25, -0.2) is 0 Å². The van der Waals surface area contributed by atoms with E-state index in [1.807, 2.05) is 30.1 Å². The number of nitrogens with two attached hydrogens (primary N) is 1. The topological polar surface area (TPSA) is 38.5 Å². The first-order valence-corrected chi connectivity index (χ1v) is 11.5. The number of aryl methyl sites for hydroxylation is 1. The largest absolute Gasteiger partial charge is 0.492 e. The number of hydrogen-bond acceptors (Lipinski definition) is 4. The highest BCUT2D eigenvalue weighted by Gasteiger charge is 2.27. The molecule has 0 saturated carbocycles. The van der Waals surface area contributed by atoms with E-state index in [9.17, 15) is 0 Å². The number of rotatable bonds is 9. The molecule has 2 aromatic rings. The molecule has 0 saturated heterocycles. The van der Waals surface area contributed by atoms with Gasteiger partial charge < -0.3 is 10.5 Å². The molecule has 2 aromatic carbocycles. The Morgan fingerprint density at radius 1 is 1.25 bits per heavy atom. The van der Waals surface area contributed by atoms with Crippen LogP contribution < -0.4 is 10.5 Å². The van der Waals surface area contributed by atoms with E-state index in [1.54, 1.807) is 0 Å². The number of nitrogens with zero attached hydrogens (tertiary/aromatic N) is 1. The summed E-state index contributed by atoms with van der Waals surface area (Å²) in [5.74, 6) is 2.39. The van der Waals surface area contributed by atoms with Crippen LogP contribution >= 0.6 is 23.5 Å². The van der Waals surface area contributed by atoms with E-state index in [1.165, 1.54) is 23.1 Å². The first kappa shape index (κ1) is 21.5. The minimum atomic E-state index is 0.165. The van der Waals surface area contributed by atoms with Gasteiger partial charge in [0.15, 0.2) is 0 Å². The van der Waals surface area contributed by atoms with Crippen LogP contribution in [0.3, 0.4) is 0 Å². The van der Waals surface area contributed by atoms with Crippen molar-refractivity contribution in [3.63, 3.8) is 0 Å². The maximum atomic E-state index is 6.53. The summed E-state index contributed by atoms with van der Waals surface area (Å²) < 4.78 is 8.31. The number of fused-ring (bicyclic) bond motifs is 1. The average molecular weight is 419 g/mol. The number of benzene rings is 2. The Hall–Kier alpha value is -1.20. The zero-order valence-corrected chi connectivity index (χ0v) is 18.4. The second-order valence-corrected chi connectivity index (χ2v) is 9.26. The molecule has 1 aliphatic carbocycles. The third-order valence-electron chi connectivity index (χ3n) is 5.32. The lowest BCUT2D eigenvalue weighted by atomic mass is 9.76. The van der Waals surface area contributed by atoms with E-state index in [0.717, 1.165) is 42.3 Å². The second-order valence-electron chi connectivity index (χ2n) is 7.54. The van der Waals surface area contributed by atoms with Crippen LogP contribution in [0.2, 0.25) is 5.02 Å². The fraction of sp³-hybridized carbons (Fsp3) is 0.478. The Kier molecular flexibility index (Phi) is 8.10. The molecule has 0 aromatic heterocycles. The lowest BCUT2D eigenvalue weighted by Gasteiger charge is -2.32. The molecule has 28 heavy (non-hydrogen) atoms. The van der Waals surface area contributed by atoms with Gasteiger partial charge in [-0.2, -0.15) is 0 Å². The zero-order valence-electron chi connectivity index (χ0n) is 16.9. The number of likely N-dealkylation sites (N-methyl/N-ethyl adjacent to an activating group) is 1. The van der Waals surface area contributed by atoms with Crippen LogP contribution in [0, 0.1) is 0 Å². The van der Waals surface area contributed by atoms with E-state index >= 15 is 0 Å². The van der Waals surface area contributed by atoms with Crippen molar-refractivity contribution in [1.82, 2.24) is 4.31 Å². The van der Waals surface area contributed by atoms with Crippen LogP contribution in [0.4, 0.5) is 0 Å². The quantitative estimate of drug-likeness (QED) is 0.560. The highest BCUT2D eigenvalue weighted by atomic mass is 35.5. The maximum absolute atomic E-state index is 6.53. The predicted molar refractivity (Wildman–Crippen MR) is 122 cm³/mol. The minimum Gasteiger partial charge on any atom is -0.492 e. The van der Waals surface area contributed by atoms with Gasteiger partial charge in [-0.15, -0.1) is 0 Å². The Morgan fingerprint density at radius 2 is 2.11 bits per heavy atom. The van der Waals surface area contributed by atoms with Crippen LogP contribution in [-0.2, 0) is 12.8 Å². The van der Waals surface area contributed by atoms with Gasteiger partial charge in [0.2, 0.25) is 0 Å².